The van der Waals surface area contributed by atoms with Crippen LogP contribution in [0.3, 0.4) is 0 Å². The number of aliphatic hydroxyl groups excluding tert-OH is 1. The van der Waals surface area contributed by atoms with Crippen LogP contribution in [0, 0.1) is 0 Å². The predicted molar refractivity (Wildman–Crippen MR) is 99.9 cm³/mol. The number of rotatable bonds is 4. The summed E-state index contributed by atoms with van der Waals surface area (Å²) in [7, 11) is 0. The third kappa shape index (κ3) is 2.79. The first-order chi connectivity index (χ1) is 12.7. The fraction of sp³-hybridized carbons (Fsp3) is 0.167. The van der Waals surface area contributed by atoms with Gasteiger partial charge in [0.2, 0.25) is 0 Å². The van der Waals surface area contributed by atoms with Crippen LogP contribution in [0.25, 0.3) is 33.4 Å². The minimum absolute atomic E-state index is 0.144. The first kappa shape index (κ1) is 16.5. The molecule has 0 aromatic carbocycles. The fourth-order valence-corrected chi connectivity index (χ4v) is 3.26. The van der Waals surface area contributed by atoms with E-state index in [1.54, 1.807) is 31.6 Å². The Balaban J connectivity index is 2.06. The van der Waals surface area contributed by atoms with Gasteiger partial charge < -0.3 is 5.11 Å². The van der Waals surface area contributed by atoms with Gasteiger partial charge >= 0.3 is 0 Å². The molecule has 0 amide bonds. The van der Waals surface area contributed by atoms with Gasteiger partial charge in [0.25, 0.3) is 5.56 Å². The topological polar surface area (TPSA) is 93.8 Å². The van der Waals surface area contributed by atoms with Crippen LogP contribution >= 0.6 is 11.5 Å². The van der Waals surface area contributed by atoms with E-state index in [-0.39, 0.29) is 18.2 Å². The molecule has 7 nitrogen and oxygen atoms in total. The van der Waals surface area contributed by atoms with Crippen molar-refractivity contribution in [3.63, 3.8) is 0 Å². The maximum atomic E-state index is 13.0. The van der Waals surface area contributed by atoms with Crippen LogP contribution in [0.2, 0.25) is 0 Å². The molecule has 0 unspecified atom stereocenters. The Bertz CT molecular complexity index is 1110. The second-order valence-electron chi connectivity index (χ2n) is 5.90. The van der Waals surface area contributed by atoms with E-state index in [9.17, 15) is 9.90 Å². The Morgan fingerprint density at radius 1 is 1.31 bits per heavy atom. The standard InChI is InChI=1S/C18H15N5O2S/c1-11(8-24)23-10-20-17-14(18(23)25)5-15(13-7-21-26-9-13)22-16(17)12-3-2-4-19-6-12/h2-7,9-11,24H,8H2,1H3/t11-/m0/s1. The Hall–Kier alpha value is -2.97. The first-order valence-electron chi connectivity index (χ1n) is 8.02. The average Bonchev–Trinajstić information content (AvgIpc) is 3.22. The van der Waals surface area contributed by atoms with Gasteiger partial charge in [-0.3, -0.25) is 14.3 Å². The zero-order valence-electron chi connectivity index (χ0n) is 13.9. The summed E-state index contributed by atoms with van der Waals surface area (Å²) >= 11 is 1.32. The molecule has 0 aliphatic carbocycles. The highest BCUT2D eigenvalue weighted by Crippen LogP contribution is 2.28. The summed E-state index contributed by atoms with van der Waals surface area (Å²) in [5.41, 5.74) is 3.16. The van der Waals surface area contributed by atoms with Gasteiger partial charge in [0.1, 0.15) is 5.52 Å². The summed E-state index contributed by atoms with van der Waals surface area (Å²) in [5.74, 6) is 0. The highest BCUT2D eigenvalue weighted by Gasteiger charge is 2.16. The quantitative estimate of drug-likeness (QED) is 0.597. The maximum Gasteiger partial charge on any atom is 0.261 e. The van der Waals surface area contributed by atoms with Gasteiger partial charge in [0.15, 0.2) is 0 Å². The molecule has 0 bridgehead atoms. The van der Waals surface area contributed by atoms with Crippen LogP contribution in [0.5, 0.6) is 0 Å². The zero-order chi connectivity index (χ0) is 18.1. The second-order valence-corrected chi connectivity index (χ2v) is 6.55. The monoisotopic (exact) mass is 365 g/mol. The molecular weight excluding hydrogens is 350 g/mol. The molecule has 26 heavy (non-hydrogen) atoms. The highest BCUT2D eigenvalue weighted by atomic mass is 32.1. The number of nitrogens with zero attached hydrogens (tertiary/aromatic N) is 5. The SMILES string of the molecule is C[C@@H](CO)n1cnc2c(-c3cccnc3)nc(-c3cnsc3)cc2c1=O. The lowest BCUT2D eigenvalue weighted by Gasteiger charge is -2.14. The van der Waals surface area contributed by atoms with E-state index < -0.39 is 0 Å². The molecule has 0 fully saturated rings. The van der Waals surface area contributed by atoms with E-state index in [2.05, 4.69) is 14.3 Å². The van der Waals surface area contributed by atoms with Crippen molar-refractivity contribution in [1.29, 1.82) is 0 Å². The normalized spacial score (nSPS) is 12.4. The van der Waals surface area contributed by atoms with Crippen molar-refractivity contribution in [1.82, 2.24) is 23.9 Å². The molecule has 0 spiro atoms. The minimum atomic E-state index is -0.360. The first-order valence-corrected chi connectivity index (χ1v) is 8.85. The third-order valence-corrected chi connectivity index (χ3v) is 4.76. The Morgan fingerprint density at radius 2 is 2.19 bits per heavy atom. The molecule has 0 saturated carbocycles. The summed E-state index contributed by atoms with van der Waals surface area (Å²) < 4.78 is 5.56. The van der Waals surface area contributed by atoms with Gasteiger partial charge in [-0.1, -0.05) is 0 Å². The molecule has 4 heterocycles. The number of hydrogen-bond donors (Lipinski definition) is 1. The van der Waals surface area contributed by atoms with E-state index in [1.165, 1.54) is 22.4 Å². The predicted octanol–water partition coefficient (Wildman–Crippen LogP) is 2.53. The average molecular weight is 365 g/mol. The number of aromatic nitrogens is 5. The van der Waals surface area contributed by atoms with E-state index in [4.69, 9.17) is 4.98 Å². The van der Waals surface area contributed by atoms with Crippen LogP contribution in [0.4, 0.5) is 0 Å². The van der Waals surface area contributed by atoms with E-state index >= 15 is 0 Å². The lowest BCUT2D eigenvalue weighted by Crippen LogP contribution is -2.25. The molecule has 1 N–H and O–H groups in total. The van der Waals surface area contributed by atoms with Crippen molar-refractivity contribution in [2.75, 3.05) is 6.61 Å². The lowest BCUT2D eigenvalue weighted by atomic mass is 10.1. The number of fused-ring (bicyclic) bond motifs is 1. The highest BCUT2D eigenvalue weighted by molar-refractivity contribution is 7.03. The molecule has 0 aliphatic rings. The van der Waals surface area contributed by atoms with Gasteiger partial charge in [-0.2, -0.15) is 0 Å². The minimum Gasteiger partial charge on any atom is -0.394 e. The van der Waals surface area contributed by atoms with Crippen LogP contribution in [0.1, 0.15) is 13.0 Å². The summed E-state index contributed by atoms with van der Waals surface area (Å²) in [6, 6.07) is 5.07. The Labute approximate surface area is 152 Å². The largest absolute Gasteiger partial charge is 0.394 e. The second kappa shape index (κ2) is 6.74. The molecule has 0 aliphatic heterocycles. The summed E-state index contributed by atoms with van der Waals surface area (Å²) in [5, 5.41) is 11.7. The summed E-state index contributed by atoms with van der Waals surface area (Å²) in [4.78, 5) is 26.3. The van der Waals surface area contributed by atoms with Crippen molar-refractivity contribution in [2.24, 2.45) is 0 Å². The maximum absolute atomic E-state index is 13.0. The molecule has 0 saturated heterocycles. The van der Waals surface area contributed by atoms with Crippen LogP contribution in [0.15, 0.2) is 53.3 Å². The summed E-state index contributed by atoms with van der Waals surface area (Å²) in [6.45, 7) is 1.62. The number of pyridine rings is 2. The van der Waals surface area contributed by atoms with Crippen molar-refractivity contribution in [2.45, 2.75) is 13.0 Å². The van der Waals surface area contributed by atoms with E-state index in [0.29, 0.717) is 22.3 Å². The third-order valence-electron chi connectivity index (χ3n) is 4.17. The molecule has 0 radical (unpaired) electrons. The van der Waals surface area contributed by atoms with Crippen molar-refractivity contribution in [3.8, 4) is 22.5 Å². The fourth-order valence-electron chi connectivity index (χ4n) is 2.73. The van der Waals surface area contributed by atoms with E-state index in [0.717, 1.165) is 11.1 Å². The Morgan fingerprint density at radius 3 is 2.88 bits per heavy atom. The number of hydrogen-bond acceptors (Lipinski definition) is 7. The molecular formula is C18H15N5O2S. The van der Waals surface area contributed by atoms with Gasteiger partial charge in [0.05, 0.1) is 41.9 Å². The van der Waals surface area contributed by atoms with Gasteiger partial charge in [-0.15, -0.1) is 0 Å². The van der Waals surface area contributed by atoms with Crippen molar-refractivity contribution in [3.05, 3.63) is 58.9 Å². The zero-order valence-corrected chi connectivity index (χ0v) is 14.7. The van der Waals surface area contributed by atoms with Gasteiger partial charge in [-0.25, -0.2) is 14.3 Å². The molecule has 4 rings (SSSR count). The Kier molecular flexibility index (Phi) is 4.27. The van der Waals surface area contributed by atoms with Crippen molar-refractivity contribution >= 4 is 22.4 Å². The molecule has 4 aromatic heterocycles. The number of aliphatic hydroxyl groups is 1. The van der Waals surface area contributed by atoms with E-state index in [1.807, 2.05) is 17.5 Å². The van der Waals surface area contributed by atoms with Gasteiger partial charge in [-0.05, 0) is 36.7 Å². The molecule has 8 heteroatoms. The molecule has 1 atom stereocenters. The summed E-state index contributed by atoms with van der Waals surface area (Å²) in [6.07, 6.45) is 6.55. The van der Waals surface area contributed by atoms with Gasteiger partial charge in [0, 0.05) is 28.9 Å². The van der Waals surface area contributed by atoms with Crippen LogP contribution < -0.4 is 5.56 Å². The smallest absolute Gasteiger partial charge is 0.261 e. The molecule has 4 aromatic rings. The molecule has 130 valence electrons. The lowest BCUT2D eigenvalue weighted by molar-refractivity contribution is 0.236. The van der Waals surface area contributed by atoms with Crippen molar-refractivity contribution < 1.29 is 5.11 Å². The van der Waals surface area contributed by atoms with Crippen LogP contribution in [-0.2, 0) is 0 Å². The van der Waals surface area contributed by atoms with Crippen LogP contribution in [-0.4, -0.2) is 35.6 Å².